The third-order valence-electron chi connectivity index (χ3n) is 3.42. The normalized spacial score (nSPS) is 11.8. The van der Waals surface area contributed by atoms with Gasteiger partial charge in [-0.2, -0.15) is 13.2 Å². The predicted octanol–water partition coefficient (Wildman–Crippen LogP) is 3.82. The van der Waals surface area contributed by atoms with Crippen molar-refractivity contribution in [1.82, 2.24) is 19.9 Å². The van der Waals surface area contributed by atoms with Crippen LogP contribution in [0.5, 0.6) is 0 Å². The number of halogens is 3. The fraction of sp³-hybridized carbons (Fsp3) is 0.250. The Hall–Kier alpha value is -2.19. The van der Waals surface area contributed by atoms with Gasteiger partial charge in [0.05, 0.1) is 17.6 Å². The molecule has 0 amide bonds. The molecule has 8 heteroatoms. The van der Waals surface area contributed by atoms with E-state index in [9.17, 15) is 13.2 Å². The number of hydrogen-bond donors (Lipinski definition) is 1. The van der Waals surface area contributed by atoms with Gasteiger partial charge < -0.3 is 9.88 Å². The molecule has 0 aliphatic carbocycles. The second-order valence-corrected chi connectivity index (χ2v) is 6.05. The van der Waals surface area contributed by atoms with Crippen LogP contribution in [0.1, 0.15) is 11.3 Å². The van der Waals surface area contributed by atoms with Gasteiger partial charge in [-0.1, -0.05) is 12.1 Å². The molecule has 0 saturated carbocycles. The van der Waals surface area contributed by atoms with E-state index in [1.54, 1.807) is 12.5 Å². The molecule has 0 radical (unpaired) electrons. The highest BCUT2D eigenvalue weighted by Crippen LogP contribution is 2.31. The Morgan fingerprint density at radius 3 is 2.62 bits per heavy atom. The van der Waals surface area contributed by atoms with E-state index in [0.717, 1.165) is 35.9 Å². The van der Waals surface area contributed by atoms with Crippen LogP contribution < -0.4 is 5.32 Å². The second kappa shape index (κ2) is 7.14. The molecule has 1 N–H and O–H groups in total. The van der Waals surface area contributed by atoms with Crippen LogP contribution in [-0.2, 0) is 19.3 Å². The van der Waals surface area contributed by atoms with Gasteiger partial charge in [0.1, 0.15) is 5.01 Å². The van der Waals surface area contributed by atoms with E-state index in [0.29, 0.717) is 12.1 Å². The highest BCUT2D eigenvalue weighted by Gasteiger charge is 2.30. The lowest BCUT2D eigenvalue weighted by Gasteiger charge is -2.06. The maximum atomic E-state index is 12.6. The van der Waals surface area contributed by atoms with E-state index in [-0.39, 0.29) is 0 Å². The first-order valence-corrected chi connectivity index (χ1v) is 8.19. The van der Waals surface area contributed by atoms with Crippen molar-refractivity contribution in [3.8, 4) is 10.6 Å². The number of nitrogens with one attached hydrogen (secondary N) is 1. The van der Waals surface area contributed by atoms with Crippen molar-refractivity contribution in [1.29, 1.82) is 0 Å². The highest BCUT2D eigenvalue weighted by molar-refractivity contribution is 7.13. The van der Waals surface area contributed by atoms with Gasteiger partial charge in [0, 0.05) is 43.0 Å². The maximum absolute atomic E-state index is 12.6. The molecule has 2 aromatic heterocycles. The predicted molar refractivity (Wildman–Crippen MR) is 86.5 cm³/mol. The van der Waals surface area contributed by atoms with Gasteiger partial charge in [0.15, 0.2) is 0 Å². The van der Waals surface area contributed by atoms with Gasteiger partial charge in [-0.3, -0.25) is 0 Å². The van der Waals surface area contributed by atoms with Crippen LogP contribution in [0, 0.1) is 0 Å². The molecule has 0 fully saturated rings. The number of imidazole rings is 1. The van der Waals surface area contributed by atoms with Crippen molar-refractivity contribution < 1.29 is 13.2 Å². The van der Waals surface area contributed by atoms with E-state index in [1.807, 2.05) is 16.1 Å². The molecule has 0 saturated heterocycles. The average Bonchev–Trinajstić information content (AvgIpc) is 3.23. The van der Waals surface area contributed by atoms with Crippen molar-refractivity contribution >= 4 is 11.3 Å². The number of rotatable bonds is 6. The fourth-order valence-corrected chi connectivity index (χ4v) is 2.99. The molecule has 2 heterocycles. The highest BCUT2D eigenvalue weighted by atomic mass is 32.1. The Morgan fingerprint density at radius 2 is 1.96 bits per heavy atom. The van der Waals surface area contributed by atoms with Crippen LogP contribution in [-0.4, -0.2) is 21.1 Å². The summed E-state index contributed by atoms with van der Waals surface area (Å²) in [5, 5.41) is 5.91. The number of aromatic nitrogens is 3. The Morgan fingerprint density at radius 1 is 1.17 bits per heavy atom. The Bertz CT molecular complexity index is 763. The first-order valence-electron chi connectivity index (χ1n) is 7.31. The summed E-state index contributed by atoms with van der Waals surface area (Å²) in [4.78, 5) is 8.43. The number of hydrogen-bond acceptors (Lipinski definition) is 4. The molecule has 3 rings (SSSR count). The third kappa shape index (κ3) is 4.21. The summed E-state index contributed by atoms with van der Waals surface area (Å²) in [7, 11) is 0. The number of thiazole rings is 1. The second-order valence-electron chi connectivity index (χ2n) is 5.20. The average molecular weight is 352 g/mol. The maximum Gasteiger partial charge on any atom is 0.416 e. The van der Waals surface area contributed by atoms with E-state index < -0.39 is 11.7 Å². The monoisotopic (exact) mass is 352 g/mol. The first-order chi connectivity index (χ1) is 11.5. The van der Waals surface area contributed by atoms with Gasteiger partial charge in [-0.25, -0.2) is 9.97 Å². The van der Waals surface area contributed by atoms with E-state index in [4.69, 9.17) is 0 Å². The fourth-order valence-electron chi connectivity index (χ4n) is 2.17. The molecule has 0 unspecified atom stereocenters. The van der Waals surface area contributed by atoms with Gasteiger partial charge >= 0.3 is 6.18 Å². The van der Waals surface area contributed by atoms with Gasteiger partial charge in [0.25, 0.3) is 0 Å². The SMILES string of the molecule is FC(F)(F)c1ccc(-c2nc(CNCCn3ccnc3)cs2)cc1. The third-order valence-corrected chi connectivity index (χ3v) is 4.36. The summed E-state index contributed by atoms with van der Waals surface area (Å²) in [6.07, 6.45) is 1.07. The lowest BCUT2D eigenvalue weighted by Crippen LogP contribution is -2.19. The zero-order valence-corrected chi connectivity index (χ0v) is 13.4. The summed E-state index contributed by atoms with van der Waals surface area (Å²) in [5.74, 6) is 0. The summed E-state index contributed by atoms with van der Waals surface area (Å²) >= 11 is 1.42. The molecular weight excluding hydrogens is 337 g/mol. The quantitative estimate of drug-likeness (QED) is 0.686. The first kappa shape index (κ1) is 16.7. The minimum absolute atomic E-state index is 0.617. The molecule has 3 aromatic rings. The topological polar surface area (TPSA) is 42.7 Å². The number of alkyl halides is 3. The zero-order chi connectivity index (χ0) is 17.0. The molecular formula is C16H15F3N4S. The molecule has 0 spiro atoms. The molecule has 0 bridgehead atoms. The zero-order valence-electron chi connectivity index (χ0n) is 12.6. The number of benzene rings is 1. The van der Waals surface area contributed by atoms with Crippen LogP contribution in [0.3, 0.4) is 0 Å². The summed E-state index contributed by atoms with van der Waals surface area (Å²) in [5.41, 5.74) is 0.919. The van der Waals surface area contributed by atoms with Crippen molar-refractivity contribution in [3.63, 3.8) is 0 Å². The molecule has 126 valence electrons. The molecule has 0 aliphatic rings. The smallest absolute Gasteiger partial charge is 0.336 e. The molecule has 0 aliphatic heterocycles. The summed E-state index contributed by atoms with van der Waals surface area (Å²) < 4.78 is 39.7. The Balaban J connectivity index is 1.55. The van der Waals surface area contributed by atoms with Gasteiger partial charge in [-0.05, 0) is 12.1 Å². The molecule has 24 heavy (non-hydrogen) atoms. The Labute approximate surface area is 141 Å². The van der Waals surface area contributed by atoms with Crippen LogP contribution >= 0.6 is 11.3 Å². The van der Waals surface area contributed by atoms with Crippen LogP contribution in [0.25, 0.3) is 10.6 Å². The van der Waals surface area contributed by atoms with E-state index in [1.165, 1.54) is 23.5 Å². The van der Waals surface area contributed by atoms with Crippen LogP contribution in [0.15, 0.2) is 48.4 Å². The van der Waals surface area contributed by atoms with Gasteiger partial charge in [-0.15, -0.1) is 11.3 Å². The molecule has 1 aromatic carbocycles. The lowest BCUT2D eigenvalue weighted by atomic mass is 10.1. The van der Waals surface area contributed by atoms with Crippen molar-refractivity contribution in [2.75, 3.05) is 6.54 Å². The largest absolute Gasteiger partial charge is 0.416 e. The number of nitrogens with zero attached hydrogens (tertiary/aromatic N) is 3. The Kier molecular flexibility index (Phi) is 4.96. The van der Waals surface area contributed by atoms with Crippen LogP contribution in [0.4, 0.5) is 13.2 Å². The summed E-state index contributed by atoms with van der Waals surface area (Å²) in [6, 6.07) is 5.08. The van der Waals surface area contributed by atoms with E-state index >= 15 is 0 Å². The van der Waals surface area contributed by atoms with Crippen molar-refractivity contribution in [2.45, 2.75) is 19.3 Å². The van der Waals surface area contributed by atoms with Crippen LogP contribution in [0.2, 0.25) is 0 Å². The molecule has 4 nitrogen and oxygen atoms in total. The van der Waals surface area contributed by atoms with Gasteiger partial charge in [0.2, 0.25) is 0 Å². The minimum Gasteiger partial charge on any atom is -0.336 e. The minimum atomic E-state index is -4.31. The summed E-state index contributed by atoms with van der Waals surface area (Å²) in [6.45, 7) is 2.21. The molecule has 0 atom stereocenters. The van der Waals surface area contributed by atoms with Crippen molar-refractivity contribution in [3.05, 3.63) is 59.6 Å². The standard InChI is InChI=1S/C16H15F3N4S/c17-16(18,19)13-3-1-12(2-4-13)15-22-14(10-24-15)9-20-5-7-23-8-6-21-11-23/h1-4,6,8,10-11,20H,5,7,9H2. The van der Waals surface area contributed by atoms with E-state index in [2.05, 4.69) is 15.3 Å². The lowest BCUT2D eigenvalue weighted by molar-refractivity contribution is -0.137. The van der Waals surface area contributed by atoms with Crippen molar-refractivity contribution in [2.24, 2.45) is 0 Å².